The Bertz CT molecular complexity index is 657. The Morgan fingerprint density at radius 1 is 1.25 bits per heavy atom. The Morgan fingerprint density at radius 3 is 2.75 bits per heavy atom. The maximum Gasteiger partial charge on any atom is 0.327 e. The van der Waals surface area contributed by atoms with Crippen LogP contribution in [0, 0.1) is 0 Å². The molecule has 1 aliphatic carbocycles. The van der Waals surface area contributed by atoms with Crippen molar-refractivity contribution in [3.63, 3.8) is 0 Å². The van der Waals surface area contributed by atoms with Gasteiger partial charge in [-0.3, -0.25) is 9.59 Å². The number of hydrogen-bond acceptors (Lipinski definition) is 4. The molecule has 0 radical (unpaired) electrons. The molecule has 1 heterocycles. The normalized spacial score (nSPS) is 21.4. The molecule has 4 heteroatoms. The van der Waals surface area contributed by atoms with Crippen LogP contribution in [0.15, 0.2) is 47.1 Å². The summed E-state index contributed by atoms with van der Waals surface area (Å²) in [6, 6.07) is 10.7. The van der Waals surface area contributed by atoms with E-state index in [4.69, 9.17) is 9.15 Å². The molecular formula is C16H14O4. The smallest absolute Gasteiger partial charge is 0.327 e. The molecule has 102 valence electrons. The average Bonchev–Trinajstić information content (AvgIpc) is 3.02. The number of furan rings is 1. The Morgan fingerprint density at radius 2 is 2.05 bits per heavy atom. The standard InChI is InChI=1S/C16H14O4/c1-19-15(18)16(13-7-4-10-20-13)9-8-11-5-2-3-6-12(11)14(16)17/h2-7,10H,8-9H2,1H3. The third kappa shape index (κ3) is 1.61. The van der Waals surface area contributed by atoms with Gasteiger partial charge in [0.15, 0.2) is 11.2 Å². The minimum atomic E-state index is -1.35. The molecule has 20 heavy (non-hydrogen) atoms. The van der Waals surface area contributed by atoms with E-state index >= 15 is 0 Å². The van der Waals surface area contributed by atoms with E-state index in [0.29, 0.717) is 24.2 Å². The lowest BCUT2D eigenvalue weighted by molar-refractivity contribution is -0.146. The highest BCUT2D eigenvalue weighted by atomic mass is 16.5. The number of carbonyl (C=O) groups is 2. The third-order valence-electron chi connectivity index (χ3n) is 3.89. The van der Waals surface area contributed by atoms with Crippen molar-refractivity contribution in [1.29, 1.82) is 0 Å². The topological polar surface area (TPSA) is 56.5 Å². The van der Waals surface area contributed by atoms with Crippen LogP contribution in [0.1, 0.15) is 28.1 Å². The number of rotatable bonds is 2. The highest BCUT2D eigenvalue weighted by molar-refractivity contribution is 6.18. The molecule has 0 amide bonds. The number of methoxy groups -OCH3 is 1. The molecule has 0 saturated heterocycles. The first kappa shape index (κ1) is 12.7. The second-order valence-electron chi connectivity index (χ2n) is 4.86. The number of ether oxygens (including phenoxy) is 1. The number of carbonyl (C=O) groups excluding carboxylic acids is 2. The third-order valence-corrected chi connectivity index (χ3v) is 3.89. The van der Waals surface area contributed by atoms with Gasteiger partial charge in [-0.05, 0) is 30.5 Å². The van der Waals surface area contributed by atoms with E-state index in [1.54, 1.807) is 24.3 Å². The van der Waals surface area contributed by atoms with Crippen molar-refractivity contribution in [1.82, 2.24) is 0 Å². The van der Waals surface area contributed by atoms with Crippen molar-refractivity contribution in [2.45, 2.75) is 18.3 Å². The molecule has 1 atom stereocenters. The van der Waals surface area contributed by atoms with Gasteiger partial charge in [0.05, 0.1) is 13.4 Å². The maximum absolute atomic E-state index is 12.9. The number of hydrogen-bond donors (Lipinski definition) is 0. The fourth-order valence-corrected chi connectivity index (χ4v) is 2.85. The van der Waals surface area contributed by atoms with Crippen LogP contribution in [-0.4, -0.2) is 18.9 Å². The molecule has 1 aromatic heterocycles. The number of fused-ring (bicyclic) bond motifs is 1. The number of benzene rings is 1. The number of aryl methyl sites for hydroxylation is 1. The first-order valence-corrected chi connectivity index (χ1v) is 6.45. The van der Waals surface area contributed by atoms with Gasteiger partial charge in [0.1, 0.15) is 5.76 Å². The van der Waals surface area contributed by atoms with Crippen LogP contribution in [0.25, 0.3) is 0 Å². The van der Waals surface area contributed by atoms with E-state index in [9.17, 15) is 9.59 Å². The second-order valence-corrected chi connectivity index (χ2v) is 4.86. The number of ketones is 1. The van der Waals surface area contributed by atoms with E-state index in [1.165, 1.54) is 13.4 Å². The fourth-order valence-electron chi connectivity index (χ4n) is 2.85. The summed E-state index contributed by atoms with van der Waals surface area (Å²) in [5, 5.41) is 0. The van der Waals surface area contributed by atoms with E-state index in [0.717, 1.165) is 5.56 Å². The molecule has 2 aromatic rings. The molecule has 1 aliphatic rings. The van der Waals surface area contributed by atoms with Gasteiger partial charge in [-0.25, -0.2) is 0 Å². The van der Waals surface area contributed by atoms with Crippen LogP contribution in [0.3, 0.4) is 0 Å². The highest BCUT2D eigenvalue weighted by Crippen LogP contribution is 2.39. The van der Waals surface area contributed by atoms with Gasteiger partial charge < -0.3 is 9.15 Å². The van der Waals surface area contributed by atoms with Crippen LogP contribution in [0.2, 0.25) is 0 Å². The summed E-state index contributed by atoms with van der Waals surface area (Å²) in [7, 11) is 1.29. The molecule has 1 unspecified atom stereocenters. The van der Waals surface area contributed by atoms with Crippen molar-refractivity contribution in [2.24, 2.45) is 0 Å². The van der Waals surface area contributed by atoms with E-state index in [1.807, 2.05) is 12.1 Å². The SMILES string of the molecule is COC(=O)C1(c2ccco2)CCc2ccccc2C1=O. The molecular weight excluding hydrogens is 256 g/mol. The van der Waals surface area contributed by atoms with Crippen LogP contribution in [-0.2, 0) is 21.4 Å². The van der Waals surface area contributed by atoms with Gasteiger partial charge in [0, 0.05) is 5.56 Å². The maximum atomic E-state index is 12.9. The van der Waals surface area contributed by atoms with Gasteiger partial charge in [0.2, 0.25) is 0 Å². The summed E-state index contributed by atoms with van der Waals surface area (Å²) >= 11 is 0. The lowest BCUT2D eigenvalue weighted by atomic mass is 9.69. The summed E-state index contributed by atoms with van der Waals surface area (Å²) in [4.78, 5) is 25.2. The van der Waals surface area contributed by atoms with E-state index in [-0.39, 0.29) is 5.78 Å². The van der Waals surface area contributed by atoms with Crippen LogP contribution in [0.5, 0.6) is 0 Å². The first-order chi connectivity index (χ1) is 9.70. The quantitative estimate of drug-likeness (QED) is 0.621. The number of esters is 1. The highest BCUT2D eigenvalue weighted by Gasteiger charge is 2.53. The summed E-state index contributed by atoms with van der Waals surface area (Å²) in [5.41, 5.74) is 0.177. The summed E-state index contributed by atoms with van der Waals surface area (Å²) < 4.78 is 10.2. The lowest BCUT2D eigenvalue weighted by Crippen LogP contribution is -2.47. The van der Waals surface area contributed by atoms with Gasteiger partial charge in [-0.15, -0.1) is 0 Å². The molecule has 0 spiro atoms. The van der Waals surface area contributed by atoms with Crippen molar-refractivity contribution >= 4 is 11.8 Å². The zero-order chi connectivity index (χ0) is 14.2. The van der Waals surface area contributed by atoms with Crippen molar-refractivity contribution < 1.29 is 18.7 Å². The molecule has 0 fully saturated rings. The zero-order valence-electron chi connectivity index (χ0n) is 11.1. The Balaban J connectivity index is 2.19. The lowest BCUT2D eigenvalue weighted by Gasteiger charge is -2.32. The minimum absolute atomic E-state index is 0.249. The fraction of sp³-hybridized carbons (Fsp3) is 0.250. The minimum Gasteiger partial charge on any atom is -0.468 e. The second kappa shape index (κ2) is 4.63. The first-order valence-electron chi connectivity index (χ1n) is 6.45. The number of Topliss-reactive ketones (excluding diaryl/α,β-unsaturated/α-hetero) is 1. The Labute approximate surface area is 116 Å². The van der Waals surface area contributed by atoms with Gasteiger partial charge in [0.25, 0.3) is 0 Å². The molecule has 4 nitrogen and oxygen atoms in total. The zero-order valence-corrected chi connectivity index (χ0v) is 11.1. The van der Waals surface area contributed by atoms with Gasteiger partial charge in [-0.2, -0.15) is 0 Å². The van der Waals surface area contributed by atoms with Crippen LogP contribution < -0.4 is 0 Å². The Hall–Kier alpha value is -2.36. The average molecular weight is 270 g/mol. The van der Waals surface area contributed by atoms with Gasteiger partial charge in [-0.1, -0.05) is 24.3 Å². The van der Waals surface area contributed by atoms with Crippen molar-refractivity contribution in [3.8, 4) is 0 Å². The summed E-state index contributed by atoms with van der Waals surface area (Å²) in [6.45, 7) is 0. The predicted octanol–water partition coefficient (Wildman–Crippen LogP) is 2.52. The summed E-state index contributed by atoms with van der Waals surface area (Å²) in [5.74, 6) is -0.461. The summed E-state index contributed by atoms with van der Waals surface area (Å²) in [6.07, 6.45) is 2.47. The largest absolute Gasteiger partial charge is 0.468 e. The van der Waals surface area contributed by atoms with E-state index in [2.05, 4.69) is 0 Å². The van der Waals surface area contributed by atoms with Crippen molar-refractivity contribution in [2.75, 3.05) is 7.11 Å². The van der Waals surface area contributed by atoms with Crippen molar-refractivity contribution in [3.05, 3.63) is 59.5 Å². The molecule has 0 N–H and O–H groups in total. The van der Waals surface area contributed by atoms with Crippen LogP contribution in [0.4, 0.5) is 0 Å². The van der Waals surface area contributed by atoms with E-state index < -0.39 is 11.4 Å². The molecule has 3 rings (SSSR count). The monoisotopic (exact) mass is 270 g/mol. The predicted molar refractivity (Wildman–Crippen MR) is 71.5 cm³/mol. The molecule has 0 saturated carbocycles. The molecule has 1 aromatic carbocycles. The van der Waals surface area contributed by atoms with Crippen LogP contribution >= 0.6 is 0 Å². The van der Waals surface area contributed by atoms with Gasteiger partial charge >= 0.3 is 5.97 Å². The Kier molecular flexibility index (Phi) is 2.93. The molecule has 0 bridgehead atoms. The molecule has 0 aliphatic heterocycles.